The first kappa shape index (κ1) is 17.3. The van der Waals surface area contributed by atoms with Crippen LogP contribution in [0, 0.1) is 0 Å². The molecular formula is C15H27NO3Si. The predicted molar refractivity (Wildman–Crippen MR) is 83.6 cm³/mol. The molecule has 0 aliphatic rings. The average Bonchev–Trinajstić information content (AvgIpc) is 2.25. The molecule has 0 spiro atoms. The Hall–Kier alpha value is -0.723. The molecule has 1 rings (SSSR count). The van der Waals surface area contributed by atoms with Gasteiger partial charge in [-0.2, -0.15) is 0 Å². The first-order valence-electron chi connectivity index (χ1n) is 7.05. The molecular weight excluding hydrogens is 270 g/mol. The second-order valence-corrected chi connectivity index (χ2v) is 8.33. The minimum Gasteiger partial charge on any atom is -0.367 e. The van der Waals surface area contributed by atoms with Gasteiger partial charge < -0.3 is 19.0 Å². The SMILES string of the molecule is CC(C)O[Si](OC(C)C)(OC(C)(C)N)c1ccccc1. The van der Waals surface area contributed by atoms with E-state index in [-0.39, 0.29) is 12.2 Å². The molecule has 0 atom stereocenters. The fourth-order valence-corrected chi connectivity index (χ4v) is 4.96. The molecule has 20 heavy (non-hydrogen) atoms. The van der Waals surface area contributed by atoms with Crippen molar-refractivity contribution >= 4 is 14.0 Å². The van der Waals surface area contributed by atoms with Crippen molar-refractivity contribution in [1.82, 2.24) is 0 Å². The van der Waals surface area contributed by atoms with Crippen molar-refractivity contribution in [3.05, 3.63) is 30.3 Å². The first-order chi connectivity index (χ1) is 9.15. The van der Waals surface area contributed by atoms with Gasteiger partial charge in [0, 0.05) is 17.4 Å². The maximum absolute atomic E-state index is 6.13. The third-order valence-electron chi connectivity index (χ3n) is 2.31. The van der Waals surface area contributed by atoms with E-state index < -0.39 is 14.5 Å². The summed E-state index contributed by atoms with van der Waals surface area (Å²) >= 11 is 0. The molecule has 0 aromatic heterocycles. The summed E-state index contributed by atoms with van der Waals surface area (Å²) in [6.07, 6.45) is -0.0223. The highest BCUT2D eigenvalue weighted by Gasteiger charge is 2.48. The van der Waals surface area contributed by atoms with Gasteiger partial charge in [0.2, 0.25) is 0 Å². The van der Waals surface area contributed by atoms with Gasteiger partial charge in [0.1, 0.15) is 5.72 Å². The molecule has 0 aliphatic carbocycles. The molecule has 0 amide bonds. The van der Waals surface area contributed by atoms with E-state index in [4.69, 9.17) is 19.0 Å². The molecule has 2 N–H and O–H groups in total. The van der Waals surface area contributed by atoms with Crippen LogP contribution in [-0.4, -0.2) is 26.7 Å². The Labute approximate surface area is 123 Å². The molecule has 4 nitrogen and oxygen atoms in total. The van der Waals surface area contributed by atoms with Crippen molar-refractivity contribution in [3.8, 4) is 0 Å². The summed E-state index contributed by atoms with van der Waals surface area (Å²) < 4.78 is 18.4. The largest absolute Gasteiger partial charge is 0.539 e. The Kier molecular flexibility index (Phi) is 5.91. The van der Waals surface area contributed by atoms with Crippen LogP contribution in [0.25, 0.3) is 0 Å². The molecule has 0 heterocycles. The van der Waals surface area contributed by atoms with Crippen LogP contribution in [0.2, 0.25) is 0 Å². The van der Waals surface area contributed by atoms with E-state index in [9.17, 15) is 0 Å². The molecule has 0 aliphatic heterocycles. The monoisotopic (exact) mass is 297 g/mol. The molecule has 5 heteroatoms. The summed E-state index contributed by atoms with van der Waals surface area (Å²) in [6.45, 7) is 11.5. The van der Waals surface area contributed by atoms with Gasteiger partial charge in [-0.1, -0.05) is 30.3 Å². The van der Waals surface area contributed by atoms with Gasteiger partial charge in [-0.05, 0) is 41.5 Å². The highest BCUT2D eigenvalue weighted by atomic mass is 28.4. The van der Waals surface area contributed by atoms with Crippen LogP contribution in [0.5, 0.6) is 0 Å². The smallest absolute Gasteiger partial charge is 0.367 e. The van der Waals surface area contributed by atoms with E-state index in [2.05, 4.69) is 0 Å². The molecule has 0 saturated heterocycles. The molecule has 0 unspecified atom stereocenters. The summed E-state index contributed by atoms with van der Waals surface area (Å²) in [4.78, 5) is 0. The minimum absolute atomic E-state index is 0.0111. The summed E-state index contributed by atoms with van der Waals surface area (Å²) in [5, 5.41) is 0.931. The summed E-state index contributed by atoms with van der Waals surface area (Å²) in [7, 11) is -3.06. The predicted octanol–water partition coefficient (Wildman–Crippen LogP) is 2.39. The number of hydrogen-bond acceptors (Lipinski definition) is 4. The lowest BCUT2D eigenvalue weighted by molar-refractivity contribution is -0.0240. The van der Waals surface area contributed by atoms with Crippen LogP contribution in [0.3, 0.4) is 0 Å². The fraction of sp³-hybridized carbons (Fsp3) is 0.600. The molecule has 0 bridgehead atoms. The summed E-state index contributed by atoms with van der Waals surface area (Å²) in [5.41, 5.74) is 5.24. The number of rotatable bonds is 7. The van der Waals surface area contributed by atoms with Gasteiger partial charge in [0.05, 0.1) is 0 Å². The number of nitrogens with two attached hydrogens (primary N) is 1. The van der Waals surface area contributed by atoms with Gasteiger partial charge in [-0.15, -0.1) is 0 Å². The Morgan fingerprint density at radius 1 is 0.950 bits per heavy atom. The van der Waals surface area contributed by atoms with Crippen molar-refractivity contribution in [1.29, 1.82) is 0 Å². The molecule has 1 aromatic rings. The Morgan fingerprint density at radius 2 is 1.40 bits per heavy atom. The van der Waals surface area contributed by atoms with E-state index in [0.717, 1.165) is 5.19 Å². The molecule has 0 saturated carbocycles. The zero-order valence-corrected chi connectivity index (χ0v) is 14.3. The second-order valence-electron chi connectivity index (χ2n) is 5.96. The van der Waals surface area contributed by atoms with Crippen LogP contribution < -0.4 is 10.9 Å². The van der Waals surface area contributed by atoms with E-state index in [1.807, 2.05) is 71.9 Å². The van der Waals surface area contributed by atoms with Gasteiger partial charge in [-0.25, -0.2) is 0 Å². The van der Waals surface area contributed by atoms with E-state index in [1.54, 1.807) is 0 Å². The molecule has 1 aromatic carbocycles. The number of hydrogen-bond donors (Lipinski definition) is 1. The summed E-state index contributed by atoms with van der Waals surface area (Å²) in [6, 6.07) is 9.82. The summed E-state index contributed by atoms with van der Waals surface area (Å²) in [5.74, 6) is 0. The van der Waals surface area contributed by atoms with Crippen LogP contribution in [-0.2, 0) is 13.3 Å². The van der Waals surface area contributed by atoms with Gasteiger partial charge >= 0.3 is 8.80 Å². The Morgan fingerprint density at radius 3 is 1.75 bits per heavy atom. The third-order valence-corrected chi connectivity index (χ3v) is 5.71. The lowest BCUT2D eigenvalue weighted by Gasteiger charge is -2.37. The highest BCUT2D eigenvalue weighted by Crippen LogP contribution is 2.20. The number of benzene rings is 1. The standard InChI is InChI=1S/C15H27NO3Si/c1-12(2)17-20(18-13(3)4,19-15(5,6)16)14-10-8-7-9-11-14/h7-13H,16H2,1-6H3. The molecule has 0 radical (unpaired) electrons. The lowest BCUT2D eigenvalue weighted by Crippen LogP contribution is -2.63. The lowest BCUT2D eigenvalue weighted by atomic mass is 10.4. The maximum Gasteiger partial charge on any atom is 0.539 e. The zero-order valence-electron chi connectivity index (χ0n) is 13.3. The van der Waals surface area contributed by atoms with E-state index >= 15 is 0 Å². The van der Waals surface area contributed by atoms with Crippen molar-refractivity contribution in [2.45, 2.75) is 59.5 Å². The van der Waals surface area contributed by atoms with Crippen molar-refractivity contribution < 1.29 is 13.3 Å². The normalized spacial score (nSPS) is 13.2. The van der Waals surface area contributed by atoms with Crippen molar-refractivity contribution in [2.75, 3.05) is 0 Å². The Bertz CT molecular complexity index is 391. The average molecular weight is 297 g/mol. The van der Waals surface area contributed by atoms with Crippen LogP contribution in [0.1, 0.15) is 41.5 Å². The van der Waals surface area contributed by atoms with Crippen LogP contribution in [0.15, 0.2) is 30.3 Å². The van der Waals surface area contributed by atoms with Gasteiger partial charge in [0.25, 0.3) is 0 Å². The van der Waals surface area contributed by atoms with Crippen LogP contribution >= 0.6 is 0 Å². The van der Waals surface area contributed by atoms with Crippen LogP contribution in [0.4, 0.5) is 0 Å². The minimum atomic E-state index is -3.06. The van der Waals surface area contributed by atoms with Crippen molar-refractivity contribution in [2.24, 2.45) is 5.73 Å². The maximum atomic E-state index is 6.13. The fourth-order valence-electron chi connectivity index (χ4n) is 1.88. The molecule has 114 valence electrons. The van der Waals surface area contributed by atoms with Gasteiger partial charge in [-0.3, -0.25) is 0 Å². The third kappa shape index (κ3) is 5.34. The first-order valence-corrected chi connectivity index (χ1v) is 8.77. The second kappa shape index (κ2) is 6.82. The van der Waals surface area contributed by atoms with Crippen molar-refractivity contribution in [3.63, 3.8) is 0 Å². The van der Waals surface area contributed by atoms with E-state index in [1.165, 1.54) is 0 Å². The zero-order chi connectivity index (χ0) is 15.4. The topological polar surface area (TPSA) is 53.7 Å². The quantitative estimate of drug-likeness (QED) is 0.620. The highest BCUT2D eigenvalue weighted by molar-refractivity contribution is 6.75. The molecule has 0 fully saturated rings. The van der Waals surface area contributed by atoms with Gasteiger partial charge in [0.15, 0.2) is 0 Å². The van der Waals surface area contributed by atoms with E-state index in [0.29, 0.717) is 0 Å². The Balaban J connectivity index is 3.25.